The number of aliphatic hydroxyl groups excluding tert-OH is 3. The zero-order valence-corrected chi connectivity index (χ0v) is 49.9. The highest BCUT2D eigenvalue weighted by atomic mass is 16.5. The van der Waals surface area contributed by atoms with E-state index in [2.05, 4.69) is 90.8 Å². The van der Waals surface area contributed by atoms with Crippen LogP contribution in [0.4, 0.5) is 0 Å². The number of hydrogen-bond donors (Lipinski definition) is 7. The van der Waals surface area contributed by atoms with E-state index in [-0.39, 0.29) is 67.4 Å². The van der Waals surface area contributed by atoms with Crippen molar-refractivity contribution >= 4 is 12.3 Å². The Bertz CT molecular complexity index is 3130. The lowest BCUT2D eigenvalue weighted by atomic mass is 9.32. The number of fused-ring (bicyclic) bond motifs is 6. The van der Waals surface area contributed by atoms with Crippen LogP contribution in [0.5, 0.6) is 0 Å². The quantitative estimate of drug-likeness (QED) is 0.0653. The number of carbonyl (C=O) groups is 2. The number of rotatable bonds is 8. The first-order chi connectivity index (χ1) is 40.6. The molecule has 3 aromatic carbocycles. The second-order valence-corrected chi connectivity index (χ2v) is 30.8. The minimum atomic E-state index is -2.28. The lowest BCUT2D eigenvalue weighted by Gasteiger charge is -2.75. The van der Waals surface area contributed by atoms with Gasteiger partial charge in [0.25, 0.3) is 0 Å². The van der Waals surface area contributed by atoms with Gasteiger partial charge in [-0.25, -0.2) is 4.79 Å². The van der Waals surface area contributed by atoms with E-state index in [4.69, 9.17) is 4.74 Å². The highest BCUT2D eigenvalue weighted by Gasteiger charge is 2.87. The van der Waals surface area contributed by atoms with E-state index in [1.165, 1.54) is 24.0 Å². The van der Waals surface area contributed by atoms with E-state index >= 15 is 15.0 Å². The van der Waals surface area contributed by atoms with E-state index < -0.39 is 86.4 Å². The Morgan fingerprint density at radius 1 is 0.750 bits per heavy atom. The van der Waals surface area contributed by atoms with Crippen molar-refractivity contribution in [2.24, 2.45) is 92.7 Å². The number of aldehydes is 1. The summed E-state index contributed by atoms with van der Waals surface area (Å²) in [6.07, 6.45) is 16.3. The van der Waals surface area contributed by atoms with Crippen LogP contribution in [0.1, 0.15) is 175 Å². The Labute approximate surface area is 498 Å². The molecule has 10 saturated carbocycles. The molecule has 0 radical (unpaired) electrons. The normalized spacial score (nSPS) is 47.5. The molecular weight excluding hydrogens is 1050 g/mol. The van der Waals surface area contributed by atoms with E-state index in [9.17, 15) is 25.2 Å². The predicted octanol–water partition coefficient (Wildman–Crippen LogP) is 10.4. The fraction of sp³-hybridized carbons (Fsp3) is 0.676. The summed E-state index contributed by atoms with van der Waals surface area (Å²) in [4.78, 5) is 29.9. The summed E-state index contributed by atoms with van der Waals surface area (Å²) >= 11 is 0. The Balaban J connectivity index is 0.920. The molecule has 10 nitrogen and oxygen atoms in total. The van der Waals surface area contributed by atoms with Crippen molar-refractivity contribution in [3.05, 3.63) is 118 Å². The summed E-state index contributed by atoms with van der Waals surface area (Å²) in [7, 11) is 1.95. The third-order valence-corrected chi connectivity index (χ3v) is 28.0. The van der Waals surface area contributed by atoms with E-state index in [1.54, 1.807) is 6.08 Å². The minimum absolute atomic E-state index is 0.0620. The average Bonchev–Trinajstić information content (AvgIpc) is 1.21. The zero-order valence-electron chi connectivity index (χ0n) is 49.9. The Morgan fingerprint density at radius 3 is 2.29 bits per heavy atom. The summed E-state index contributed by atoms with van der Waals surface area (Å²) in [6, 6.07) is 27.3. The second kappa shape index (κ2) is 20.4. The van der Waals surface area contributed by atoms with Gasteiger partial charge in [-0.3, -0.25) is 0 Å². The van der Waals surface area contributed by atoms with Gasteiger partial charge in [0, 0.05) is 57.6 Å². The Kier molecular flexibility index (Phi) is 13.7. The average molecular weight is 1140 g/mol. The minimum Gasteiger partial charge on any atom is -0.454 e. The van der Waals surface area contributed by atoms with Crippen LogP contribution in [0, 0.1) is 105 Å². The molecule has 7 N–H and O–H groups in total. The molecule has 4 bridgehead atoms. The zero-order chi connectivity index (χ0) is 57.8. The van der Waals surface area contributed by atoms with Gasteiger partial charge in [-0.1, -0.05) is 117 Å². The molecule has 16 rings (SSSR count). The fourth-order valence-electron chi connectivity index (χ4n) is 24.7. The van der Waals surface area contributed by atoms with Gasteiger partial charge in [0.2, 0.25) is 0 Å². The molecule has 84 heavy (non-hydrogen) atoms. The van der Waals surface area contributed by atoms with Crippen LogP contribution >= 0.6 is 0 Å². The molecule has 0 unspecified atom stereocenters. The summed E-state index contributed by atoms with van der Waals surface area (Å²) in [6.45, 7) is 2.22. The molecule has 1 aliphatic heterocycles. The highest BCUT2D eigenvalue weighted by molar-refractivity contribution is 5.86. The third kappa shape index (κ3) is 7.79. The molecule has 10 heteroatoms. The van der Waals surface area contributed by atoms with Crippen molar-refractivity contribution in [1.29, 1.82) is 0 Å². The van der Waals surface area contributed by atoms with Crippen molar-refractivity contribution < 1.29 is 45.0 Å². The number of nitrogens with one attached hydrogen (secondary N) is 1. The smallest absolute Gasteiger partial charge is 0.331 e. The van der Waals surface area contributed by atoms with E-state index in [0.717, 1.165) is 106 Å². The molecule has 0 amide bonds. The van der Waals surface area contributed by atoms with E-state index in [0.29, 0.717) is 56.3 Å². The fourth-order valence-corrected chi connectivity index (χ4v) is 24.7. The molecule has 23 atom stereocenters. The molecular formula is C74H93NO9. The topological polar surface area (TPSA) is 177 Å². The number of likely N-dealkylation sites (N-methyl/N-ethyl adjacent to an activating group) is 1. The Morgan fingerprint density at radius 2 is 1.52 bits per heavy atom. The molecule has 10 fully saturated rings. The maximum Gasteiger partial charge on any atom is 0.331 e. The van der Waals surface area contributed by atoms with Gasteiger partial charge in [0.15, 0.2) is 0 Å². The predicted molar refractivity (Wildman–Crippen MR) is 320 cm³/mol. The van der Waals surface area contributed by atoms with Crippen molar-refractivity contribution in [3.63, 3.8) is 0 Å². The van der Waals surface area contributed by atoms with Crippen LogP contribution in [0.3, 0.4) is 0 Å². The van der Waals surface area contributed by atoms with Crippen LogP contribution < -0.4 is 5.32 Å². The maximum absolute atomic E-state index is 15.7. The number of hydrogen-bond acceptors (Lipinski definition) is 10. The first-order valence-electron chi connectivity index (χ1n) is 33.5. The second-order valence-electron chi connectivity index (χ2n) is 30.8. The van der Waals surface area contributed by atoms with Crippen molar-refractivity contribution in [2.75, 3.05) is 7.05 Å². The largest absolute Gasteiger partial charge is 0.454 e. The molecule has 3 spiro atoms. The standard InChI is InChI=1S/C74H93NO9/c1-44(47-14-9-10-15-47)50-20-23-59-66(79)69(30-26-52-33-51(21-22-58(52)69)48-16-7-4-8-17-48)42-71(43-77)62-27-31-70-41-68(28-24-46(38-68)32-45-12-5-3-6-13-45)29-25-49-18-11-19-53(40-76)55(49)36-61(75-2)56-34-54(64(70)57-37-63(78)84-65(56)57)39-72(70,81)74(62,83)67(80)60(35-50)73(59,71)82/h3-8,11-13,16-19,37,43-44,46-47,50-52,54,56,58-62,64-67,75-76,79-83H,9-10,14-15,20-24,26-28,30-36,38-42H2,1-2H3/t44-,46+,50+,51+,52+,54-,56-,58-,59-,60-,61+,62+,64+,65-,66+,67+,68-,69+,70-,71-,72+,73+,74+/m0/s1. The lowest BCUT2D eigenvalue weighted by Crippen LogP contribution is -2.86. The van der Waals surface area contributed by atoms with Crippen molar-refractivity contribution in [1.82, 2.24) is 5.32 Å². The molecule has 448 valence electrons. The van der Waals surface area contributed by atoms with Gasteiger partial charge in [-0.15, -0.1) is 0 Å². The summed E-state index contributed by atoms with van der Waals surface area (Å²) in [5, 5.41) is 88.2. The van der Waals surface area contributed by atoms with Crippen molar-refractivity contribution in [3.8, 4) is 11.8 Å². The van der Waals surface area contributed by atoms with Gasteiger partial charge in [-0.05, 0) is 216 Å². The van der Waals surface area contributed by atoms with Crippen LogP contribution in [0.15, 0.2) is 90.5 Å². The molecule has 1 heterocycles. The molecule has 0 aromatic heterocycles. The summed E-state index contributed by atoms with van der Waals surface area (Å²) in [5.41, 5.74) is -4.14. The lowest BCUT2D eigenvalue weighted by molar-refractivity contribution is -0.386. The first kappa shape index (κ1) is 56.3. The van der Waals surface area contributed by atoms with Gasteiger partial charge < -0.3 is 45.5 Å². The van der Waals surface area contributed by atoms with Gasteiger partial charge in [0.05, 0.1) is 29.8 Å². The maximum atomic E-state index is 15.7. The van der Waals surface area contributed by atoms with Crippen LogP contribution in [0.25, 0.3) is 0 Å². The molecule has 0 saturated heterocycles. The Hall–Kier alpha value is -4.18. The first-order valence-corrected chi connectivity index (χ1v) is 33.5. The third-order valence-electron chi connectivity index (χ3n) is 28.0. The van der Waals surface area contributed by atoms with Gasteiger partial charge in [0.1, 0.15) is 23.6 Å². The van der Waals surface area contributed by atoms with Crippen molar-refractivity contribution in [2.45, 2.75) is 208 Å². The molecule has 3 aromatic rings. The molecule has 13 aliphatic rings. The summed E-state index contributed by atoms with van der Waals surface area (Å²) in [5.74, 6) is 5.73. The number of ether oxygens (including phenoxy) is 1. The van der Waals surface area contributed by atoms with Gasteiger partial charge >= 0.3 is 5.97 Å². The van der Waals surface area contributed by atoms with Gasteiger partial charge in [-0.2, -0.15) is 0 Å². The number of esters is 1. The molecule has 12 aliphatic carbocycles. The highest BCUT2D eigenvalue weighted by Crippen LogP contribution is 2.81. The van der Waals surface area contributed by atoms with Crippen LogP contribution in [0.2, 0.25) is 0 Å². The number of carbonyl (C=O) groups excluding carboxylic acids is 2. The summed E-state index contributed by atoms with van der Waals surface area (Å²) < 4.78 is 6.55. The SMILES string of the molecule is CN[C@@H]1Cc2c(cccc2CO)C#C[C@]2(CC[C@H](Cc3ccccc3)C2)C[C@]23CC[C@H]4[C@@](O)([C@H](O)[C@@H]5C[C@H]([C@@H](C)C6CCCC6)CC[C@H]6[C@@H](O)[C@]7(CC[C@@H]8C[C@H](c9ccccc9)CC[C@@H]87)C[C@@]4(C=O)[C@@]65O)[C@@]2(O)C[C@@H]2C[C@@H]1[C@@H]1OC(=O)C=C1[C@@H]23. The number of benzene rings is 3. The van der Waals surface area contributed by atoms with E-state index in [1.807, 2.05) is 19.2 Å². The number of aliphatic hydroxyl groups is 6. The van der Waals surface area contributed by atoms with Crippen LogP contribution in [-0.4, -0.2) is 91.1 Å². The van der Waals surface area contributed by atoms with Crippen LogP contribution in [-0.2, 0) is 33.8 Å². The monoisotopic (exact) mass is 1140 g/mol.